The lowest BCUT2D eigenvalue weighted by Crippen LogP contribution is -2.07. The molecule has 1 atom stereocenters. The Morgan fingerprint density at radius 2 is 2.00 bits per heavy atom. The van der Waals surface area contributed by atoms with Gasteiger partial charge in [0.1, 0.15) is 5.75 Å². The molecule has 0 aromatic heterocycles. The van der Waals surface area contributed by atoms with Crippen molar-refractivity contribution in [2.45, 2.75) is 32.8 Å². The van der Waals surface area contributed by atoms with E-state index in [0.717, 1.165) is 17.9 Å². The number of benzene rings is 1. The van der Waals surface area contributed by atoms with Crippen LogP contribution in [0, 0.1) is 0 Å². The van der Waals surface area contributed by atoms with Gasteiger partial charge in [-0.3, -0.25) is 4.79 Å². The van der Waals surface area contributed by atoms with Gasteiger partial charge in [0.25, 0.3) is 0 Å². The van der Waals surface area contributed by atoms with Crippen LogP contribution >= 0.6 is 0 Å². The van der Waals surface area contributed by atoms with E-state index in [2.05, 4.69) is 0 Å². The number of carbonyl (C=O) groups is 2. The molecule has 0 aliphatic rings. The van der Waals surface area contributed by atoms with Crippen LogP contribution in [0.3, 0.4) is 0 Å². The van der Waals surface area contributed by atoms with Crippen LogP contribution in [0.4, 0.5) is 0 Å². The molecular weight excluding hydrogens is 244 g/mol. The third-order valence-electron chi connectivity index (χ3n) is 2.58. The van der Waals surface area contributed by atoms with E-state index in [1.807, 2.05) is 26.8 Å². The van der Waals surface area contributed by atoms with Gasteiger partial charge in [0.15, 0.2) is 6.29 Å². The van der Waals surface area contributed by atoms with E-state index >= 15 is 0 Å². The molecule has 0 spiro atoms. The maximum atomic E-state index is 11.1. The molecule has 19 heavy (non-hydrogen) atoms. The van der Waals surface area contributed by atoms with Crippen LogP contribution in [-0.4, -0.2) is 23.5 Å². The molecule has 1 aromatic rings. The average molecular weight is 262 g/mol. The van der Waals surface area contributed by atoms with Gasteiger partial charge in [0, 0.05) is 6.08 Å². The Hall–Kier alpha value is -2.10. The fourth-order valence-electron chi connectivity index (χ4n) is 1.64. The van der Waals surface area contributed by atoms with Crippen LogP contribution in [0.15, 0.2) is 30.4 Å². The molecule has 0 aliphatic carbocycles. The molecule has 0 aliphatic heterocycles. The molecule has 1 aromatic carbocycles. The number of carbonyl (C=O) groups excluding carboxylic acids is 1. The van der Waals surface area contributed by atoms with Crippen molar-refractivity contribution < 1.29 is 19.4 Å². The molecule has 0 saturated heterocycles. The van der Waals surface area contributed by atoms with Gasteiger partial charge >= 0.3 is 5.97 Å². The highest BCUT2D eigenvalue weighted by Crippen LogP contribution is 2.24. The van der Waals surface area contributed by atoms with E-state index in [1.165, 1.54) is 0 Å². The lowest BCUT2D eigenvalue weighted by Gasteiger charge is -2.14. The summed E-state index contributed by atoms with van der Waals surface area (Å²) in [6.07, 6.45) is 3.42. The van der Waals surface area contributed by atoms with Gasteiger partial charge in [-0.25, -0.2) is 4.79 Å². The normalized spacial score (nSPS) is 12.6. The summed E-state index contributed by atoms with van der Waals surface area (Å²) in [6.45, 7) is 5.65. The predicted octanol–water partition coefficient (Wildman–Crippen LogP) is 3.03. The highest BCUT2D eigenvalue weighted by atomic mass is 16.5. The van der Waals surface area contributed by atoms with Crippen LogP contribution < -0.4 is 4.74 Å². The van der Waals surface area contributed by atoms with E-state index in [4.69, 9.17) is 9.84 Å². The van der Waals surface area contributed by atoms with Crippen molar-refractivity contribution in [3.05, 3.63) is 41.5 Å². The van der Waals surface area contributed by atoms with E-state index in [-0.39, 0.29) is 12.0 Å². The summed E-state index contributed by atoms with van der Waals surface area (Å²) in [4.78, 5) is 21.5. The summed E-state index contributed by atoms with van der Waals surface area (Å²) in [5.74, 6) is -0.520. The van der Waals surface area contributed by atoms with Gasteiger partial charge in [-0.2, -0.15) is 0 Å². The minimum atomic E-state index is -0.984. The second kappa shape index (κ2) is 6.73. The molecule has 0 heterocycles. The SMILES string of the molecule is CC(C)Oc1ccc(C(C)/C=C/C(=O)O)cc1C=O. The van der Waals surface area contributed by atoms with Gasteiger partial charge in [0.05, 0.1) is 11.7 Å². The first-order chi connectivity index (χ1) is 8.93. The number of carboxylic acids is 1. The second-order valence-corrected chi connectivity index (χ2v) is 4.57. The first-order valence-electron chi connectivity index (χ1n) is 6.11. The zero-order chi connectivity index (χ0) is 14.4. The van der Waals surface area contributed by atoms with Gasteiger partial charge in [-0.1, -0.05) is 19.1 Å². The van der Waals surface area contributed by atoms with Gasteiger partial charge in [-0.15, -0.1) is 0 Å². The van der Waals surface area contributed by atoms with Gasteiger partial charge in [0.2, 0.25) is 0 Å². The summed E-state index contributed by atoms with van der Waals surface area (Å²) in [5, 5.41) is 8.59. The molecule has 4 nitrogen and oxygen atoms in total. The standard InChI is InChI=1S/C15H18O4/c1-10(2)19-14-6-5-12(8-13(14)9-16)11(3)4-7-15(17)18/h4-11H,1-3H3,(H,17,18)/b7-4+. The topological polar surface area (TPSA) is 63.6 Å². The Bertz CT molecular complexity index is 489. The Labute approximate surface area is 112 Å². The molecule has 4 heteroatoms. The molecule has 1 N–H and O–H groups in total. The molecular formula is C15H18O4. The fraction of sp³-hybridized carbons (Fsp3) is 0.333. The Balaban J connectivity index is 2.99. The van der Waals surface area contributed by atoms with Crippen LogP contribution in [-0.2, 0) is 4.79 Å². The first kappa shape index (κ1) is 15.0. The monoisotopic (exact) mass is 262 g/mol. The highest BCUT2D eigenvalue weighted by molar-refractivity contribution is 5.80. The van der Waals surface area contributed by atoms with Crippen molar-refractivity contribution >= 4 is 12.3 Å². The predicted molar refractivity (Wildman–Crippen MR) is 72.8 cm³/mol. The van der Waals surface area contributed by atoms with E-state index in [9.17, 15) is 9.59 Å². The zero-order valence-corrected chi connectivity index (χ0v) is 11.3. The molecule has 0 saturated carbocycles. The molecule has 1 unspecified atom stereocenters. The first-order valence-corrected chi connectivity index (χ1v) is 6.11. The molecule has 1 rings (SSSR count). The van der Waals surface area contributed by atoms with Crippen molar-refractivity contribution in [2.75, 3.05) is 0 Å². The summed E-state index contributed by atoms with van der Waals surface area (Å²) >= 11 is 0. The minimum Gasteiger partial charge on any atom is -0.490 e. The molecule has 0 bridgehead atoms. The number of rotatable bonds is 6. The molecule has 102 valence electrons. The average Bonchev–Trinajstić information content (AvgIpc) is 2.35. The number of hydrogen-bond acceptors (Lipinski definition) is 3. The number of ether oxygens (including phenoxy) is 1. The van der Waals surface area contributed by atoms with Crippen LogP contribution in [0.2, 0.25) is 0 Å². The van der Waals surface area contributed by atoms with Crippen LogP contribution in [0.5, 0.6) is 5.75 Å². The summed E-state index contributed by atoms with van der Waals surface area (Å²) in [6, 6.07) is 5.30. The van der Waals surface area contributed by atoms with Crippen molar-refractivity contribution in [2.24, 2.45) is 0 Å². The third-order valence-corrected chi connectivity index (χ3v) is 2.58. The zero-order valence-electron chi connectivity index (χ0n) is 11.3. The number of hydrogen-bond donors (Lipinski definition) is 1. The molecule has 0 radical (unpaired) electrons. The van der Waals surface area contributed by atoms with Crippen molar-refractivity contribution in [1.29, 1.82) is 0 Å². The fourth-order valence-corrected chi connectivity index (χ4v) is 1.64. The summed E-state index contributed by atoms with van der Waals surface area (Å²) < 4.78 is 5.53. The van der Waals surface area contributed by atoms with Gasteiger partial charge in [-0.05, 0) is 37.5 Å². The van der Waals surface area contributed by atoms with Crippen LogP contribution in [0.1, 0.15) is 42.6 Å². The number of allylic oxidation sites excluding steroid dienone is 1. The summed E-state index contributed by atoms with van der Waals surface area (Å²) in [5.41, 5.74) is 1.34. The van der Waals surface area contributed by atoms with Crippen molar-refractivity contribution in [3.63, 3.8) is 0 Å². The van der Waals surface area contributed by atoms with E-state index in [0.29, 0.717) is 11.3 Å². The largest absolute Gasteiger partial charge is 0.490 e. The quantitative estimate of drug-likeness (QED) is 0.632. The third kappa shape index (κ3) is 4.58. The van der Waals surface area contributed by atoms with E-state index < -0.39 is 5.97 Å². The highest BCUT2D eigenvalue weighted by Gasteiger charge is 2.09. The summed E-state index contributed by atoms with van der Waals surface area (Å²) in [7, 11) is 0. The maximum absolute atomic E-state index is 11.1. The van der Waals surface area contributed by atoms with Crippen LogP contribution in [0.25, 0.3) is 0 Å². The Morgan fingerprint density at radius 1 is 1.32 bits per heavy atom. The molecule has 0 amide bonds. The van der Waals surface area contributed by atoms with E-state index in [1.54, 1.807) is 18.2 Å². The van der Waals surface area contributed by atoms with Crippen molar-refractivity contribution in [3.8, 4) is 5.75 Å². The van der Waals surface area contributed by atoms with Crippen molar-refractivity contribution in [1.82, 2.24) is 0 Å². The number of aldehydes is 1. The molecule has 0 fully saturated rings. The smallest absolute Gasteiger partial charge is 0.327 e. The maximum Gasteiger partial charge on any atom is 0.327 e. The lowest BCUT2D eigenvalue weighted by molar-refractivity contribution is -0.131. The Morgan fingerprint density at radius 3 is 2.53 bits per heavy atom. The van der Waals surface area contributed by atoms with Gasteiger partial charge < -0.3 is 9.84 Å². The Kier molecular flexibility index (Phi) is 5.30. The second-order valence-electron chi connectivity index (χ2n) is 4.57. The minimum absolute atomic E-state index is 0.00567. The lowest BCUT2D eigenvalue weighted by atomic mass is 9.98. The number of aliphatic carboxylic acids is 1. The number of carboxylic acid groups (broad SMARTS) is 1.